The Kier molecular flexibility index (Phi) is 29.2. The Morgan fingerprint density at radius 2 is 1.17 bits per heavy atom. The molecule has 0 saturated carbocycles. The van der Waals surface area contributed by atoms with E-state index < -0.39 is 15.5 Å². The molecule has 0 amide bonds. The summed E-state index contributed by atoms with van der Waals surface area (Å²) >= 11 is -4.64. The summed E-state index contributed by atoms with van der Waals surface area (Å²) in [5.41, 5.74) is 0. The molecule has 0 atom stereocenters. The van der Waals surface area contributed by atoms with Crippen molar-refractivity contribution in [2.75, 3.05) is 0 Å². The molecule has 0 aromatic rings. The Bertz CT molecular complexity index is 25.2. The summed E-state index contributed by atoms with van der Waals surface area (Å²) in [5.74, 6) is 0. The molecule has 0 N–H and O–H groups in total. The van der Waals surface area contributed by atoms with Crippen LogP contribution in [0.4, 0.5) is 10.6 Å². The van der Waals surface area contributed by atoms with Crippen molar-refractivity contribution in [3.63, 3.8) is 0 Å². The van der Waals surface area contributed by atoms with Gasteiger partial charge in [-0.15, -0.1) is 0 Å². The second kappa shape index (κ2) is 10.9. The van der Waals surface area contributed by atoms with Crippen molar-refractivity contribution in [3.8, 4) is 0 Å². The number of hydrogen-bond donors (Lipinski definition) is 0. The normalized spacial score (nSPS) is 4.50. The van der Waals surface area contributed by atoms with Crippen LogP contribution in [0.3, 0.4) is 0 Å². The summed E-state index contributed by atoms with van der Waals surface area (Å²) in [6.07, 6.45) is 0. The maximum Gasteiger partial charge on any atom is 2.00 e. The van der Waals surface area contributed by atoms with Gasteiger partial charge in [0.1, 0.15) is 0 Å². The molecule has 0 rings (SSSR count). The third-order valence-corrected chi connectivity index (χ3v) is 0. The van der Waals surface area contributed by atoms with Gasteiger partial charge >= 0.3 is 98.7 Å². The van der Waals surface area contributed by atoms with Crippen molar-refractivity contribution < 1.29 is 16.3 Å². The van der Waals surface area contributed by atoms with Gasteiger partial charge in [-0.05, 0) is 0 Å². The van der Waals surface area contributed by atoms with Gasteiger partial charge < -0.3 is 16.3 Å². The van der Waals surface area contributed by atoms with Gasteiger partial charge in [0, 0.05) is 0 Å². The van der Waals surface area contributed by atoms with Crippen molar-refractivity contribution in [3.05, 3.63) is 0 Å². The Labute approximate surface area is 112 Å². The summed E-state index contributed by atoms with van der Waals surface area (Å²) in [5, 5.41) is 0. The summed E-state index contributed by atoms with van der Waals surface area (Å²) < 4.78 is 29.4. The van der Waals surface area contributed by atoms with E-state index in [0.717, 1.165) is 0 Å². The SMILES string of the molecule is [Ca+2].[F][Al]([F])[F].[H-].[H-].[H-].[H-].[Sr+2]. The first-order chi connectivity index (χ1) is 1.73. The van der Waals surface area contributed by atoms with Gasteiger partial charge in [-0.3, -0.25) is 0 Å². The molecule has 0 radical (unpaired) electrons. The third kappa shape index (κ3) is 27.7. The second-order valence-electron chi connectivity index (χ2n) is 0.247. The molecule has 0 unspecified atom stereocenters. The molecule has 0 nitrogen and oxygen atoms in total. The fourth-order valence-electron chi connectivity index (χ4n) is 0. The van der Waals surface area contributed by atoms with E-state index in [1.807, 2.05) is 0 Å². The molecule has 0 aliphatic heterocycles. The van der Waals surface area contributed by atoms with Crippen LogP contribution in [-0.2, 0) is 0 Å². The monoisotopic (exact) mass is 216 g/mol. The van der Waals surface area contributed by atoms with Gasteiger partial charge in [0.2, 0.25) is 0 Å². The van der Waals surface area contributed by atoms with Crippen molar-refractivity contribution in [1.82, 2.24) is 0 Å². The number of rotatable bonds is 0. The van der Waals surface area contributed by atoms with Gasteiger partial charge in [0.25, 0.3) is 0 Å². The summed E-state index contributed by atoms with van der Waals surface area (Å²) in [6, 6.07) is 0. The molecular weight excluding hydrogens is 212 g/mol. The fourth-order valence-corrected chi connectivity index (χ4v) is 0. The van der Waals surface area contributed by atoms with Crippen LogP contribution in [0.2, 0.25) is 0 Å². The molecule has 0 heterocycles. The van der Waals surface area contributed by atoms with Crippen LogP contribution in [0, 0.1) is 0 Å². The van der Waals surface area contributed by atoms with Crippen LogP contribution in [0.5, 0.6) is 0 Å². The molecule has 0 aliphatic rings. The molecule has 0 saturated heterocycles. The first-order valence-corrected chi connectivity index (χ1v) is 1.96. The Balaban J connectivity index is -0.00000000300. The largest absolute Gasteiger partial charge is 2.00 e. The number of halogens is 3. The molecule has 0 aromatic carbocycles. The zero-order valence-corrected chi connectivity index (χ0v) is 9.96. The zero-order chi connectivity index (χ0) is 3.58. The van der Waals surface area contributed by atoms with Crippen LogP contribution in [0.15, 0.2) is 0 Å². The summed E-state index contributed by atoms with van der Waals surface area (Å²) in [7, 11) is 0. The molecule has 6 heteroatoms. The van der Waals surface area contributed by atoms with Crippen LogP contribution < -0.4 is 0 Å². The minimum absolute atomic E-state index is 0. The Morgan fingerprint density at radius 1 is 1.17 bits per heavy atom. The van der Waals surface area contributed by atoms with Crippen LogP contribution in [0.1, 0.15) is 5.71 Å². The molecule has 6 heavy (non-hydrogen) atoms. The third-order valence-electron chi connectivity index (χ3n) is 0. The van der Waals surface area contributed by atoms with E-state index in [0.29, 0.717) is 0 Å². The topological polar surface area (TPSA) is 0 Å². The average molecular weight is 216 g/mol. The predicted octanol–water partition coefficient (Wildman–Crippen LogP) is 0.568. The van der Waals surface area contributed by atoms with E-state index in [1.165, 1.54) is 0 Å². The van der Waals surface area contributed by atoms with Crippen molar-refractivity contribution in [2.45, 2.75) is 0 Å². The molecule has 0 fully saturated rings. The molecular formula is H4AlCaF3Sr. The molecule has 0 spiro atoms. The minimum Gasteiger partial charge on any atom is -1.00 e. The van der Waals surface area contributed by atoms with Gasteiger partial charge in [0.15, 0.2) is 0 Å². The van der Waals surface area contributed by atoms with Crippen LogP contribution in [0.25, 0.3) is 0 Å². The van der Waals surface area contributed by atoms with Crippen LogP contribution >= 0.6 is 0 Å². The minimum atomic E-state index is -4.64. The Hall–Kier alpha value is 3.06. The standard InChI is InChI=1S/Al.Ca.3FH.Sr.4H/h;;3*1H;;;;;/q+3;+2;;;;+2;4*-1/p-3. The quantitative estimate of drug-likeness (QED) is 0.519. The maximum absolute atomic E-state index is 9.81. The maximum atomic E-state index is 9.81. The van der Waals surface area contributed by atoms with E-state index in [9.17, 15) is 10.6 Å². The van der Waals surface area contributed by atoms with E-state index in [4.69, 9.17) is 0 Å². The smallest absolute Gasteiger partial charge is 1.00 e. The van der Waals surface area contributed by atoms with Gasteiger partial charge in [-0.25, -0.2) is 0 Å². The molecule has 32 valence electrons. The van der Waals surface area contributed by atoms with Gasteiger partial charge in [-0.1, -0.05) is 0 Å². The van der Waals surface area contributed by atoms with E-state index >= 15 is 0 Å². The zero-order valence-electron chi connectivity index (χ0n) is 7.13. The fraction of sp³-hybridized carbons (Fsp3) is 0. The van der Waals surface area contributed by atoms with E-state index in [1.54, 1.807) is 0 Å². The van der Waals surface area contributed by atoms with Crippen LogP contribution in [-0.4, -0.2) is 98.7 Å². The first-order valence-electron chi connectivity index (χ1n) is 0.655. The predicted molar refractivity (Wildman–Crippen MR) is 25.0 cm³/mol. The second-order valence-corrected chi connectivity index (χ2v) is 0.742. The van der Waals surface area contributed by atoms with Crippen molar-refractivity contribution in [2.24, 2.45) is 0 Å². The van der Waals surface area contributed by atoms with E-state index in [2.05, 4.69) is 0 Å². The molecule has 0 aliphatic carbocycles. The van der Waals surface area contributed by atoms with Gasteiger partial charge in [0.05, 0.1) is 0 Å². The number of hydrogen-bond acceptors (Lipinski definition) is 0. The van der Waals surface area contributed by atoms with Crippen molar-refractivity contribution >= 4 is 98.7 Å². The molecule has 0 aromatic heterocycles. The summed E-state index contributed by atoms with van der Waals surface area (Å²) in [6.45, 7) is 0. The van der Waals surface area contributed by atoms with E-state index in [-0.39, 0.29) is 88.9 Å². The van der Waals surface area contributed by atoms with Crippen molar-refractivity contribution in [1.29, 1.82) is 0 Å². The first kappa shape index (κ1) is 16.0. The summed E-state index contributed by atoms with van der Waals surface area (Å²) in [4.78, 5) is 0. The Morgan fingerprint density at radius 3 is 1.17 bits per heavy atom. The van der Waals surface area contributed by atoms with Gasteiger partial charge in [-0.2, -0.15) is 0 Å². The molecule has 0 bridgehead atoms. The average Bonchev–Trinajstić information content (AvgIpc) is 0.811.